The SMILES string of the molecule is CCc1ccc(CC(NN)c2snnc2C)s1. The summed E-state index contributed by atoms with van der Waals surface area (Å²) in [5.41, 5.74) is 3.82. The molecule has 0 radical (unpaired) electrons. The number of hydrogen-bond acceptors (Lipinski definition) is 6. The van der Waals surface area contributed by atoms with Gasteiger partial charge in [0.2, 0.25) is 0 Å². The largest absolute Gasteiger partial charge is 0.271 e. The second-order valence-electron chi connectivity index (χ2n) is 3.87. The zero-order valence-corrected chi connectivity index (χ0v) is 11.6. The normalized spacial score (nSPS) is 12.9. The maximum atomic E-state index is 5.63. The minimum Gasteiger partial charge on any atom is -0.271 e. The topological polar surface area (TPSA) is 63.8 Å². The van der Waals surface area contributed by atoms with Gasteiger partial charge in [-0.3, -0.25) is 11.3 Å². The molecule has 0 saturated heterocycles. The molecule has 17 heavy (non-hydrogen) atoms. The van der Waals surface area contributed by atoms with E-state index < -0.39 is 0 Å². The van der Waals surface area contributed by atoms with Crippen molar-refractivity contribution in [1.29, 1.82) is 0 Å². The summed E-state index contributed by atoms with van der Waals surface area (Å²) in [4.78, 5) is 3.88. The standard InChI is InChI=1S/C11H16N4S2/c1-3-8-4-5-9(16-8)6-10(13-12)11-7(2)14-15-17-11/h4-5,10,13H,3,6,12H2,1-2H3. The Kier molecular flexibility index (Phi) is 4.22. The van der Waals surface area contributed by atoms with Gasteiger partial charge in [-0.15, -0.1) is 16.4 Å². The lowest BCUT2D eigenvalue weighted by Crippen LogP contribution is -2.29. The van der Waals surface area contributed by atoms with Crippen molar-refractivity contribution >= 4 is 22.9 Å². The molecule has 1 atom stereocenters. The van der Waals surface area contributed by atoms with E-state index in [1.807, 2.05) is 18.3 Å². The van der Waals surface area contributed by atoms with Crippen LogP contribution in [0.4, 0.5) is 0 Å². The van der Waals surface area contributed by atoms with Crippen LogP contribution in [0, 0.1) is 6.92 Å². The second-order valence-corrected chi connectivity index (χ2v) is 5.91. The van der Waals surface area contributed by atoms with Crippen molar-refractivity contribution in [3.8, 4) is 0 Å². The monoisotopic (exact) mass is 268 g/mol. The summed E-state index contributed by atoms with van der Waals surface area (Å²) < 4.78 is 3.95. The van der Waals surface area contributed by atoms with Gasteiger partial charge in [0.25, 0.3) is 0 Å². The van der Waals surface area contributed by atoms with Crippen LogP contribution in [-0.2, 0) is 12.8 Å². The Balaban J connectivity index is 2.12. The molecule has 0 aliphatic heterocycles. The smallest absolute Gasteiger partial charge is 0.0773 e. The van der Waals surface area contributed by atoms with Gasteiger partial charge in [-0.1, -0.05) is 11.4 Å². The number of aryl methyl sites for hydroxylation is 2. The van der Waals surface area contributed by atoms with Crippen LogP contribution in [0.25, 0.3) is 0 Å². The lowest BCUT2D eigenvalue weighted by molar-refractivity contribution is 0.561. The van der Waals surface area contributed by atoms with E-state index in [9.17, 15) is 0 Å². The molecule has 2 heterocycles. The summed E-state index contributed by atoms with van der Waals surface area (Å²) in [5, 5.41) is 4.02. The van der Waals surface area contributed by atoms with E-state index >= 15 is 0 Å². The van der Waals surface area contributed by atoms with Crippen molar-refractivity contribution in [2.24, 2.45) is 5.84 Å². The molecule has 0 bridgehead atoms. The van der Waals surface area contributed by atoms with E-state index in [2.05, 4.69) is 34.1 Å². The summed E-state index contributed by atoms with van der Waals surface area (Å²) in [7, 11) is 0. The molecule has 6 heteroatoms. The summed E-state index contributed by atoms with van der Waals surface area (Å²) in [5.74, 6) is 5.63. The van der Waals surface area contributed by atoms with Crippen molar-refractivity contribution in [3.05, 3.63) is 32.5 Å². The average Bonchev–Trinajstić information content (AvgIpc) is 2.95. The highest BCUT2D eigenvalue weighted by atomic mass is 32.1. The number of thiophene rings is 1. The average molecular weight is 268 g/mol. The third kappa shape index (κ3) is 2.90. The first kappa shape index (κ1) is 12.6. The highest BCUT2D eigenvalue weighted by Crippen LogP contribution is 2.26. The van der Waals surface area contributed by atoms with Crippen molar-refractivity contribution in [1.82, 2.24) is 15.0 Å². The Morgan fingerprint density at radius 3 is 2.71 bits per heavy atom. The van der Waals surface area contributed by atoms with Gasteiger partial charge in [-0.05, 0) is 37.0 Å². The number of hydrogen-bond donors (Lipinski definition) is 2. The highest BCUT2D eigenvalue weighted by Gasteiger charge is 2.17. The molecule has 4 nitrogen and oxygen atoms in total. The maximum Gasteiger partial charge on any atom is 0.0773 e. The van der Waals surface area contributed by atoms with Gasteiger partial charge in [-0.2, -0.15) is 0 Å². The zero-order chi connectivity index (χ0) is 12.3. The maximum absolute atomic E-state index is 5.63. The third-order valence-electron chi connectivity index (χ3n) is 2.68. The van der Waals surface area contributed by atoms with Gasteiger partial charge in [0.05, 0.1) is 16.6 Å². The predicted octanol–water partition coefficient (Wildman–Crippen LogP) is 2.22. The number of nitrogens with two attached hydrogens (primary N) is 1. The Morgan fingerprint density at radius 1 is 1.41 bits per heavy atom. The van der Waals surface area contributed by atoms with Crippen LogP contribution >= 0.6 is 22.9 Å². The van der Waals surface area contributed by atoms with Crippen LogP contribution in [-0.4, -0.2) is 9.59 Å². The number of hydrazine groups is 1. The van der Waals surface area contributed by atoms with Gasteiger partial charge in [0, 0.05) is 16.2 Å². The van der Waals surface area contributed by atoms with E-state index in [-0.39, 0.29) is 6.04 Å². The molecule has 2 aromatic heterocycles. The van der Waals surface area contributed by atoms with Crippen LogP contribution in [0.3, 0.4) is 0 Å². The van der Waals surface area contributed by atoms with Crippen LogP contribution in [0.5, 0.6) is 0 Å². The van der Waals surface area contributed by atoms with Crippen LogP contribution in [0.15, 0.2) is 12.1 Å². The molecule has 0 aliphatic carbocycles. The number of nitrogens with zero attached hydrogens (tertiary/aromatic N) is 2. The van der Waals surface area contributed by atoms with Gasteiger partial charge >= 0.3 is 0 Å². The van der Waals surface area contributed by atoms with Crippen LogP contribution < -0.4 is 11.3 Å². The summed E-state index contributed by atoms with van der Waals surface area (Å²) in [6, 6.07) is 4.47. The minimum atomic E-state index is 0.110. The summed E-state index contributed by atoms with van der Waals surface area (Å²) >= 11 is 3.26. The third-order valence-corrected chi connectivity index (χ3v) is 4.87. The predicted molar refractivity (Wildman–Crippen MR) is 72.1 cm³/mol. The number of aromatic nitrogens is 2. The Hall–Kier alpha value is -0.820. The van der Waals surface area contributed by atoms with E-state index in [1.165, 1.54) is 21.3 Å². The van der Waals surface area contributed by atoms with Crippen LogP contribution in [0.2, 0.25) is 0 Å². The molecule has 92 valence electrons. The molecule has 0 amide bonds. The fraction of sp³-hybridized carbons (Fsp3) is 0.455. The lowest BCUT2D eigenvalue weighted by atomic mass is 10.1. The van der Waals surface area contributed by atoms with Gasteiger partial charge in [-0.25, -0.2) is 0 Å². The fourth-order valence-corrected chi connectivity index (χ4v) is 3.41. The first-order chi connectivity index (χ1) is 8.24. The minimum absolute atomic E-state index is 0.110. The molecule has 1 unspecified atom stereocenters. The van der Waals surface area contributed by atoms with Crippen molar-refractivity contribution in [2.45, 2.75) is 32.7 Å². The fourth-order valence-electron chi connectivity index (χ4n) is 1.71. The van der Waals surface area contributed by atoms with E-state index in [0.29, 0.717) is 0 Å². The second kappa shape index (κ2) is 5.68. The Morgan fingerprint density at radius 2 is 2.18 bits per heavy atom. The van der Waals surface area contributed by atoms with Crippen molar-refractivity contribution in [3.63, 3.8) is 0 Å². The lowest BCUT2D eigenvalue weighted by Gasteiger charge is -2.12. The number of nitrogens with one attached hydrogen (secondary N) is 1. The van der Waals surface area contributed by atoms with E-state index in [4.69, 9.17) is 5.84 Å². The van der Waals surface area contributed by atoms with E-state index in [1.54, 1.807) is 0 Å². The summed E-state index contributed by atoms with van der Waals surface area (Å²) in [6.07, 6.45) is 1.98. The zero-order valence-electron chi connectivity index (χ0n) is 9.93. The van der Waals surface area contributed by atoms with Crippen LogP contribution in [0.1, 0.15) is 33.3 Å². The summed E-state index contributed by atoms with van der Waals surface area (Å²) in [6.45, 7) is 4.14. The molecule has 2 aromatic rings. The first-order valence-corrected chi connectivity index (χ1v) is 7.16. The molecule has 0 aromatic carbocycles. The highest BCUT2D eigenvalue weighted by molar-refractivity contribution is 7.12. The Labute approximate surface area is 109 Å². The first-order valence-electron chi connectivity index (χ1n) is 5.57. The molecular weight excluding hydrogens is 252 g/mol. The van der Waals surface area contributed by atoms with Gasteiger partial charge in [0.1, 0.15) is 0 Å². The molecular formula is C11H16N4S2. The van der Waals surface area contributed by atoms with Gasteiger partial charge < -0.3 is 0 Å². The molecule has 0 saturated carbocycles. The molecule has 3 N–H and O–H groups in total. The molecule has 2 rings (SSSR count). The molecule has 0 aliphatic rings. The van der Waals surface area contributed by atoms with Crippen molar-refractivity contribution in [2.75, 3.05) is 0 Å². The van der Waals surface area contributed by atoms with Gasteiger partial charge in [0.15, 0.2) is 0 Å². The quantitative estimate of drug-likeness (QED) is 0.644. The van der Waals surface area contributed by atoms with Crippen molar-refractivity contribution < 1.29 is 0 Å². The Bertz CT molecular complexity index is 477. The molecule has 0 spiro atoms. The number of rotatable bonds is 5. The van der Waals surface area contributed by atoms with E-state index in [0.717, 1.165) is 23.4 Å². The molecule has 0 fully saturated rings.